The molecule has 12 nitrogen and oxygen atoms in total. The largest absolute Gasteiger partial charge is 0.322 e. The molecule has 2 N–H and O–H groups in total. The van der Waals surface area contributed by atoms with E-state index in [4.69, 9.17) is 0 Å². The van der Waals surface area contributed by atoms with E-state index < -0.39 is 15.8 Å². The van der Waals surface area contributed by atoms with Crippen molar-refractivity contribution in [2.45, 2.75) is 16.2 Å². The molecule has 5 aromatic rings. The standard InChI is InChI=1S/C31H20N6O6S3/c1-17-7-9-20(15-23(17)36(40)41)33-30-35-29(39)27(44-30)14-18-8-12-25(24(13-18)37(42)43)45-31-34-22-11-10-21(16-26(22)46-31)32-28(38)19-5-3-2-4-6-19/h2-16H,1H3,(H,32,38)(H,33,35,39)/b27-14-. The van der Waals surface area contributed by atoms with Crippen molar-refractivity contribution in [3.8, 4) is 0 Å². The number of nitrogens with zero attached hydrogens (tertiary/aromatic N) is 4. The van der Waals surface area contributed by atoms with Crippen LogP contribution in [0.5, 0.6) is 0 Å². The summed E-state index contributed by atoms with van der Waals surface area (Å²) in [5.74, 6) is -0.681. The molecule has 1 aromatic heterocycles. The summed E-state index contributed by atoms with van der Waals surface area (Å²) in [5, 5.41) is 29.0. The lowest BCUT2D eigenvalue weighted by molar-refractivity contribution is -0.387. The van der Waals surface area contributed by atoms with Crippen LogP contribution >= 0.6 is 34.9 Å². The van der Waals surface area contributed by atoms with E-state index in [0.29, 0.717) is 42.8 Å². The van der Waals surface area contributed by atoms with Crippen LogP contribution < -0.4 is 10.6 Å². The molecule has 2 amide bonds. The van der Waals surface area contributed by atoms with Crippen molar-refractivity contribution in [2.75, 3.05) is 5.32 Å². The predicted molar refractivity (Wildman–Crippen MR) is 180 cm³/mol. The summed E-state index contributed by atoms with van der Waals surface area (Å²) in [5.41, 5.74) is 2.82. The second kappa shape index (κ2) is 12.9. The average molecular weight is 669 g/mol. The van der Waals surface area contributed by atoms with Crippen molar-refractivity contribution >= 4 is 90.9 Å². The van der Waals surface area contributed by atoms with Gasteiger partial charge in [-0.25, -0.2) is 9.98 Å². The third-order valence-corrected chi connectivity index (χ3v) is 9.66. The molecule has 1 aliphatic rings. The van der Waals surface area contributed by atoms with E-state index in [0.717, 1.165) is 28.2 Å². The Labute approximate surface area is 273 Å². The fourth-order valence-corrected chi connectivity index (χ4v) is 7.37. The molecule has 6 rings (SSSR count). The Kier molecular flexibility index (Phi) is 8.61. The Morgan fingerprint density at radius 1 is 0.978 bits per heavy atom. The second-order valence-corrected chi connectivity index (χ2v) is 13.1. The highest BCUT2D eigenvalue weighted by atomic mass is 32.2. The highest BCUT2D eigenvalue weighted by molar-refractivity contribution is 8.18. The van der Waals surface area contributed by atoms with Crippen LogP contribution in [0.1, 0.15) is 21.5 Å². The first-order valence-corrected chi connectivity index (χ1v) is 15.9. The van der Waals surface area contributed by atoms with E-state index >= 15 is 0 Å². The average Bonchev–Trinajstić information content (AvgIpc) is 3.59. The third kappa shape index (κ3) is 6.81. The van der Waals surface area contributed by atoms with Gasteiger partial charge in [0.2, 0.25) is 0 Å². The minimum atomic E-state index is -0.499. The topological polar surface area (TPSA) is 170 Å². The number of carbonyl (C=O) groups is 2. The van der Waals surface area contributed by atoms with Gasteiger partial charge in [-0.15, -0.1) is 11.3 Å². The maximum Gasteiger partial charge on any atom is 0.283 e. The number of rotatable bonds is 8. The molecule has 0 bridgehead atoms. The molecule has 46 heavy (non-hydrogen) atoms. The van der Waals surface area contributed by atoms with Gasteiger partial charge in [0, 0.05) is 28.9 Å². The molecule has 1 fully saturated rings. The SMILES string of the molecule is Cc1ccc(N=C2NC(=O)/C(=C/c3ccc(Sc4nc5ccc(NC(=O)c6ccccc6)cc5s4)c([N+](=O)[O-])c3)S2)cc1[N+](=O)[O-]. The summed E-state index contributed by atoms with van der Waals surface area (Å²) >= 11 is 3.52. The Morgan fingerprint density at radius 3 is 2.52 bits per heavy atom. The van der Waals surface area contributed by atoms with Gasteiger partial charge in [0.15, 0.2) is 9.51 Å². The molecule has 1 saturated heterocycles. The van der Waals surface area contributed by atoms with Crippen molar-refractivity contribution < 1.29 is 19.4 Å². The number of aliphatic imine (C=N–C) groups is 1. The lowest BCUT2D eigenvalue weighted by atomic mass is 10.2. The van der Waals surface area contributed by atoms with Gasteiger partial charge < -0.3 is 10.6 Å². The zero-order valence-corrected chi connectivity index (χ0v) is 26.1. The minimum absolute atomic E-state index is 0.0832. The number of nitro groups is 2. The fraction of sp³-hybridized carbons (Fsp3) is 0.0323. The van der Waals surface area contributed by atoms with Crippen molar-refractivity contribution in [3.63, 3.8) is 0 Å². The summed E-state index contributed by atoms with van der Waals surface area (Å²) in [4.78, 5) is 57.0. The van der Waals surface area contributed by atoms with Crippen LogP contribution in [-0.4, -0.2) is 31.8 Å². The van der Waals surface area contributed by atoms with Gasteiger partial charge in [-0.05, 0) is 72.8 Å². The number of thiazole rings is 1. The lowest BCUT2D eigenvalue weighted by Gasteiger charge is -2.04. The number of thioether (sulfide) groups is 1. The van der Waals surface area contributed by atoms with E-state index in [1.54, 1.807) is 67.6 Å². The number of carbonyl (C=O) groups excluding carboxylic acids is 2. The number of benzene rings is 4. The molecule has 0 radical (unpaired) electrons. The molecule has 0 atom stereocenters. The van der Waals surface area contributed by atoms with Crippen LogP contribution in [0.2, 0.25) is 0 Å². The Balaban J connectivity index is 1.19. The zero-order chi connectivity index (χ0) is 32.4. The number of hydrogen-bond acceptors (Lipinski definition) is 11. The number of nitrogens with one attached hydrogen (secondary N) is 2. The van der Waals surface area contributed by atoms with Crippen molar-refractivity contribution in [1.29, 1.82) is 0 Å². The van der Waals surface area contributed by atoms with E-state index in [1.165, 1.54) is 29.5 Å². The van der Waals surface area contributed by atoms with Gasteiger partial charge in [-0.3, -0.25) is 29.8 Å². The summed E-state index contributed by atoms with van der Waals surface area (Å²) < 4.78 is 1.39. The van der Waals surface area contributed by atoms with Gasteiger partial charge in [0.25, 0.3) is 23.2 Å². The van der Waals surface area contributed by atoms with E-state index in [1.807, 2.05) is 12.1 Å². The summed E-state index contributed by atoms with van der Waals surface area (Å²) in [6.07, 6.45) is 1.52. The Bertz CT molecular complexity index is 2130. The molecule has 0 saturated carbocycles. The lowest BCUT2D eigenvalue weighted by Crippen LogP contribution is -2.19. The predicted octanol–water partition coefficient (Wildman–Crippen LogP) is 7.72. The Hall–Kier alpha value is -5.38. The summed E-state index contributed by atoms with van der Waals surface area (Å²) in [6, 6.07) is 23.3. The van der Waals surface area contributed by atoms with Gasteiger partial charge >= 0.3 is 0 Å². The smallest absolute Gasteiger partial charge is 0.283 e. The van der Waals surface area contributed by atoms with E-state index in [2.05, 4.69) is 20.6 Å². The van der Waals surface area contributed by atoms with Crippen molar-refractivity contribution in [1.82, 2.24) is 10.3 Å². The maximum atomic E-state index is 12.6. The maximum absolute atomic E-state index is 12.6. The highest BCUT2D eigenvalue weighted by Gasteiger charge is 2.25. The van der Waals surface area contributed by atoms with Crippen LogP contribution in [0.25, 0.3) is 16.3 Å². The molecule has 0 unspecified atom stereocenters. The third-order valence-electron chi connectivity index (χ3n) is 6.61. The molecule has 2 heterocycles. The number of anilines is 1. The molecule has 0 aliphatic carbocycles. The second-order valence-electron chi connectivity index (χ2n) is 9.78. The Morgan fingerprint density at radius 2 is 1.76 bits per heavy atom. The first-order chi connectivity index (χ1) is 22.1. The molecule has 0 spiro atoms. The fourth-order valence-electron chi connectivity index (χ4n) is 4.38. The number of amidine groups is 1. The number of aryl methyl sites for hydroxylation is 1. The number of fused-ring (bicyclic) bond motifs is 1. The van der Waals surface area contributed by atoms with Crippen LogP contribution in [0.4, 0.5) is 22.7 Å². The highest BCUT2D eigenvalue weighted by Crippen LogP contribution is 2.40. The number of aromatic nitrogens is 1. The normalized spacial score (nSPS) is 14.5. The van der Waals surface area contributed by atoms with Gasteiger partial charge in [-0.1, -0.05) is 42.1 Å². The molecular weight excluding hydrogens is 649 g/mol. The van der Waals surface area contributed by atoms with Crippen LogP contribution in [0.15, 0.2) is 104 Å². The first-order valence-electron chi connectivity index (χ1n) is 13.4. The van der Waals surface area contributed by atoms with E-state index in [-0.39, 0.29) is 27.4 Å². The zero-order valence-electron chi connectivity index (χ0n) is 23.6. The summed E-state index contributed by atoms with van der Waals surface area (Å²) in [7, 11) is 0. The monoisotopic (exact) mass is 668 g/mol. The molecule has 4 aromatic carbocycles. The minimum Gasteiger partial charge on any atom is -0.322 e. The summed E-state index contributed by atoms with van der Waals surface area (Å²) in [6.45, 7) is 1.62. The van der Waals surface area contributed by atoms with Crippen LogP contribution in [0, 0.1) is 27.2 Å². The van der Waals surface area contributed by atoms with E-state index in [9.17, 15) is 29.8 Å². The van der Waals surface area contributed by atoms with Crippen molar-refractivity contribution in [2.24, 2.45) is 4.99 Å². The molecule has 15 heteroatoms. The number of hydrogen-bond donors (Lipinski definition) is 2. The van der Waals surface area contributed by atoms with Gasteiger partial charge in [0.1, 0.15) is 0 Å². The van der Waals surface area contributed by atoms with Crippen LogP contribution in [0.3, 0.4) is 0 Å². The number of amides is 2. The van der Waals surface area contributed by atoms with Crippen LogP contribution in [-0.2, 0) is 4.79 Å². The number of nitro benzene ring substituents is 2. The first kappa shape index (κ1) is 30.6. The van der Waals surface area contributed by atoms with Gasteiger partial charge in [-0.2, -0.15) is 0 Å². The molecule has 228 valence electrons. The molecular formula is C31H20N6O6S3. The quantitative estimate of drug-likeness (QED) is 0.0955. The van der Waals surface area contributed by atoms with Gasteiger partial charge in [0.05, 0.1) is 35.6 Å². The molecule has 1 aliphatic heterocycles. The van der Waals surface area contributed by atoms with Crippen molar-refractivity contribution in [3.05, 3.63) is 127 Å².